The molecule has 0 saturated heterocycles. The van der Waals surface area contributed by atoms with E-state index in [-0.39, 0.29) is 24.0 Å². The van der Waals surface area contributed by atoms with E-state index in [4.69, 9.17) is 0 Å². The van der Waals surface area contributed by atoms with Crippen molar-refractivity contribution in [3.8, 4) is 22.5 Å². The minimum absolute atomic E-state index is 0. The lowest BCUT2D eigenvalue weighted by molar-refractivity contribution is 0.627. The molecule has 1 heterocycles. The Hall–Kier alpha value is -2.98. The lowest BCUT2D eigenvalue weighted by Gasteiger charge is -2.11. The van der Waals surface area contributed by atoms with Gasteiger partial charge in [0.05, 0.1) is 17.7 Å². The molecule has 1 aromatic heterocycles. The molecule has 4 aromatic rings. The summed E-state index contributed by atoms with van der Waals surface area (Å²) in [4.78, 5) is 4.56. The maximum absolute atomic E-state index is 13.4. The molecule has 0 spiro atoms. The summed E-state index contributed by atoms with van der Waals surface area (Å²) in [5, 5.41) is 0. The van der Waals surface area contributed by atoms with Crippen molar-refractivity contribution < 1.29 is 8.78 Å². The number of benzene rings is 3. The molecule has 0 aliphatic carbocycles. The molecule has 0 amide bonds. The van der Waals surface area contributed by atoms with Crippen LogP contribution in [0.4, 0.5) is 8.78 Å². The van der Waals surface area contributed by atoms with Crippen LogP contribution in [0.1, 0.15) is 5.56 Å². The lowest BCUT2D eigenvalue weighted by Crippen LogP contribution is -2.01. The first-order chi connectivity index (χ1) is 12.7. The van der Waals surface area contributed by atoms with Gasteiger partial charge in [-0.25, -0.2) is 13.8 Å². The van der Waals surface area contributed by atoms with Crippen LogP contribution in [-0.2, 0) is 6.54 Å². The topological polar surface area (TPSA) is 17.8 Å². The van der Waals surface area contributed by atoms with E-state index in [0.717, 1.165) is 28.1 Å². The second-order valence-corrected chi connectivity index (χ2v) is 6.07. The van der Waals surface area contributed by atoms with E-state index in [1.165, 1.54) is 24.3 Å². The Morgan fingerprint density at radius 1 is 0.704 bits per heavy atom. The second-order valence-electron chi connectivity index (χ2n) is 6.07. The zero-order valence-corrected chi connectivity index (χ0v) is 15.2. The summed E-state index contributed by atoms with van der Waals surface area (Å²) < 4.78 is 28.7. The average molecular weight is 383 g/mol. The fourth-order valence-corrected chi connectivity index (χ4v) is 3.01. The van der Waals surface area contributed by atoms with Crippen molar-refractivity contribution in [1.29, 1.82) is 0 Å². The molecule has 0 saturated carbocycles. The number of halogens is 3. The van der Waals surface area contributed by atoms with Crippen LogP contribution in [0, 0.1) is 11.6 Å². The molecule has 0 aliphatic heterocycles. The summed E-state index contributed by atoms with van der Waals surface area (Å²) in [6.45, 7) is 0.641. The van der Waals surface area contributed by atoms with Gasteiger partial charge in [-0.1, -0.05) is 30.3 Å². The van der Waals surface area contributed by atoms with Crippen molar-refractivity contribution in [2.45, 2.75) is 6.54 Å². The van der Waals surface area contributed by atoms with Crippen LogP contribution in [0.5, 0.6) is 0 Å². The molecule has 0 radical (unpaired) electrons. The first kappa shape index (κ1) is 18.8. The third-order valence-electron chi connectivity index (χ3n) is 4.27. The van der Waals surface area contributed by atoms with Crippen LogP contribution in [0.15, 0.2) is 85.2 Å². The molecule has 0 aliphatic rings. The molecule has 5 heteroatoms. The summed E-state index contributed by atoms with van der Waals surface area (Å²) in [6.07, 6.45) is 1.77. The maximum atomic E-state index is 13.4. The highest BCUT2D eigenvalue weighted by molar-refractivity contribution is 5.85. The van der Waals surface area contributed by atoms with Gasteiger partial charge in [-0.15, -0.1) is 12.4 Å². The summed E-state index contributed by atoms with van der Waals surface area (Å²) in [6, 6.07) is 22.6. The van der Waals surface area contributed by atoms with Crippen molar-refractivity contribution in [3.05, 3.63) is 102 Å². The quantitative estimate of drug-likeness (QED) is 0.425. The number of rotatable bonds is 4. The molecule has 0 fully saturated rings. The smallest absolute Gasteiger partial charge is 0.123 e. The number of hydrogen-bond donors (Lipinski definition) is 0. The van der Waals surface area contributed by atoms with E-state index in [9.17, 15) is 8.78 Å². The largest absolute Gasteiger partial charge is 0.326 e. The van der Waals surface area contributed by atoms with Gasteiger partial charge in [-0.3, -0.25) is 0 Å². The summed E-state index contributed by atoms with van der Waals surface area (Å²) in [5.74, 6) is -0.577. The average Bonchev–Trinajstić information content (AvgIpc) is 3.07. The first-order valence-electron chi connectivity index (χ1n) is 8.31. The van der Waals surface area contributed by atoms with Gasteiger partial charge >= 0.3 is 0 Å². The Bertz CT molecular complexity index is 1010. The Labute approximate surface area is 162 Å². The summed E-state index contributed by atoms with van der Waals surface area (Å²) >= 11 is 0. The number of imidazole rings is 1. The van der Waals surface area contributed by atoms with Crippen molar-refractivity contribution in [2.24, 2.45) is 0 Å². The van der Waals surface area contributed by atoms with E-state index in [1.54, 1.807) is 30.6 Å². The summed E-state index contributed by atoms with van der Waals surface area (Å²) in [5.41, 5.74) is 4.43. The van der Waals surface area contributed by atoms with E-state index in [1.807, 2.05) is 34.9 Å². The van der Waals surface area contributed by atoms with Gasteiger partial charge in [-0.05, 0) is 54.1 Å². The van der Waals surface area contributed by atoms with Crippen LogP contribution in [0.25, 0.3) is 22.5 Å². The fourth-order valence-electron chi connectivity index (χ4n) is 3.01. The van der Waals surface area contributed by atoms with Gasteiger partial charge in [-0.2, -0.15) is 0 Å². The molecular formula is C22H17ClF2N2. The van der Waals surface area contributed by atoms with Gasteiger partial charge in [0.1, 0.15) is 11.6 Å². The minimum Gasteiger partial charge on any atom is -0.326 e. The third kappa shape index (κ3) is 4.07. The molecule has 0 unspecified atom stereocenters. The number of nitrogens with zero attached hydrogens (tertiary/aromatic N) is 2. The van der Waals surface area contributed by atoms with E-state index in [0.29, 0.717) is 6.54 Å². The number of aromatic nitrogens is 2. The van der Waals surface area contributed by atoms with E-state index in [2.05, 4.69) is 4.98 Å². The van der Waals surface area contributed by atoms with Gasteiger partial charge in [0.2, 0.25) is 0 Å². The first-order valence-corrected chi connectivity index (χ1v) is 8.31. The Balaban J connectivity index is 0.00000210. The normalized spacial score (nSPS) is 10.4. The molecule has 4 rings (SSSR count). The molecule has 27 heavy (non-hydrogen) atoms. The van der Waals surface area contributed by atoms with Crippen molar-refractivity contribution in [1.82, 2.24) is 9.55 Å². The van der Waals surface area contributed by atoms with Crippen LogP contribution < -0.4 is 0 Å². The summed E-state index contributed by atoms with van der Waals surface area (Å²) in [7, 11) is 0. The Morgan fingerprint density at radius 3 is 1.85 bits per heavy atom. The number of hydrogen-bond acceptors (Lipinski definition) is 1. The molecule has 0 bridgehead atoms. The third-order valence-corrected chi connectivity index (χ3v) is 4.27. The maximum Gasteiger partial charge on any atom is 0.123 e. The van der Waals surface area contributed by atoms with Crippen molar-refractivity contribution >= 4 is 12.4 Å². The highest BCUT2D eigenvalue weighted by atomic mass is 35.5. The predicted molar refractivity (Wildman–Crippen MR) is 106 cm³/mol. The molecule has 3 aromatic carbocycles. The van der Waals surface area contributed by atoms with Crippen LogP contribution in [-0.4, -0.2) is 9.55 Å². The highest BCUT2D eigenvalue weighted by Gasteiger charge is 2.15. The van der Waals surface area contributed by atoms with Crippen molar-refractivity contribution in [2.75, 3.05) is 0 Å². The molecule has 0 atom stereocenters. The van der Waals surface area contributed by atoms with Crippen LogP contribution in [0.2, 0.25) is 0 Å². The molecular weight excluding hydrogens is 366 g/mol. The zero-order valence-electron chi connectivity index (χ0n) is 14.3. The standard InChI is InChI=1S/C22H16F2N2.ClH/c23-19-10-6-17(7-11-19)21-22(18-8-12-20(24)13-9-18)26(15-25-21)14-16-4-2-1-3-5-16;/h1-13,15H,14H2;1H. The fraction of sp³-hybridized carbons (Fsp3) is 0.0455. The SMILES string of the molecule is Cl.Fc1ccc(-c2ncn(Cc3ccccc3)c2-c2ccc(F)cc2)cc1. The molecule has 2 nitrogen and oxygen atoms in total. The molecule has 0 N–H and O–H groups in total. The predicted octanol–water partition coefficient (Wildman–Crippen LogP) is 5.97. The van der Waals surface area contributed by atoms with E-state index >= 15 is 0 Å². The second kappa shape index (κ2) is 8.14. The van der Waals surface area contributed by atoms with E-state index < -0.39 is 0 Å². The lowest BCUT2D eigenvalue weighted by atomic mass is 10.0. The monoisotopic (exact) mass is 382 g/mol. The van der Waals surface area contributed by atoms with Crippen molar-refractivity contribution in [3.63, 3.8) is 0 Å². The Morgan fingerprint density at radius 2 is 1.26 bits per heavy atom. The zero-order chi connectivity index (χ0) is 17.9. The minimum atomic E-state index is -0.291. The van der Waals surface area contributed by atoms with Gasteiger partial charge in [0.15, 0.2) is 0 Å². The molecule has 136 valence electrons. The van der Waals surface area contributed by atoms with Gasteiger partial charge in [0, 0.05) is 17.7 Å². The Kier molecular flexibility index (Phi) is 5.67. The van der Waals surface area contributed by atoms with Crippen LogP contribution >= 0.6 is 12.4 Å². The highest BCUT2D eigenvalue weighted by Crippen LogP contribution is 2.32. The van der Waals surface area contributed by atoms with Gasteiger partial charge < -0.3 is 4.57 Å². The van der Waals surface area contributed by atoms with Crippen LogP contribution in [0.3, 0.4) is 0 Å². The van der Waals surface area contributed by atoms with Gasteiger partial charge in [0.25, 0.3) is 0 Å².